The van der Waals surface area contributed by atoms with Crippen LogP contribution in [0.15, 0.2) is 41.3 Å². The van der Waals surface area contributed by atoms with Gasteiger partial charge in [0.1, 0.15) is 0 Å². The third-order valence-electron chi connectivity index (χ3n) is 3.01. The first-order valence-electron chi connectivity index (χ1n) is 5.95. The number of rotatable bonds is 3. The van der Waals surface area contributed by atoms with E-state index in [2.05, 4.69) is 27.3 Å². The van der Waals surface area contributed by atoms with Crippen molar-refractivity contribution in [3.05, 3.63) is 51.1 Å². The monoisotopic (exact) mass is 402 g/mol. The molecule has 0 atom stereocenters. The highest BCUT2D eigenvalue weighted by Crippen LogP contribution is 2.25. The van der Waals surface area contributed by atoms with Gasteiger partial charge in [0.2, 0.25) is 0 Å². The number of nitrogen functional groups attached to an aromatic ring is 1. The van der Waals surface area contributed by atoms with Crippen LogP contribution in [0.4, 0.5) is 11.4 Å². The van der Waals surface area contributed by atoms with Gasteiger partial charge in [-0.05, 0) is 77.9 Å². The van der Waals surface area contributed by atoms with Gasteiger partial charge < -0.3 is 5.73 Å². The van der Waals surface area contributed by atoms with Crippen LogP contribution in [0.3, 0.4) is 0 Å². The quantitative estimate of drug-likeness (QED) is 0.612. The Hall–Kier alpha value is -1.28. The molecule has 0 radical (unpaired) electrons. The van der Waals surface area contributed by atoms with Crippen molar-refractivity contribution >= 4 is 44.0 Å². The van der Waals surface area contributed by atoms with Crippen molar-refractivity contribution in [2.24, 2.45) is 0 Å². The van der Waals surface area contributed by atoms with Crippen LogP contribution in [0.2, 0.25) is 0 Å². The van der Waals surface area contributed by atoms with Crippen molar-refractivity contribution in [1.29, 1.82) is 0 Å². The molecule has 20 heavy (non-hydrogen) atoms. The van der Waals surface area contributed by atoms with Crippen LogP contribution in [-0.4, -0.2) is 8.42 Å². The van der Waals surface area contributed by atoms with E-state index in [1.54, 1.807) is 31.2 Å². The zero-order valence-corrected chi connectivity index (χ0v) is 14.1. The zero-order valence-electron chi connectivity index (χ0n) is 11.1. The Morgan fingerprint density at radius 1 is 1.15 bits per heavy atom. The summed E-state index contributed by atoms with van der Waals surface area (Å²) in [5, 5.41) is 0. The molecule has 0 saturated heterocycles. The van der Waals surface area contributed by atoms with Crippen molar-refractivity contribution < 1.29 is 8.42 Å². The van der Waals surface area contributed by atoms with E-state index in [9.17, 15) is 8.42 Å². The number of nitrogens with two attached hydrogens (primary N) is 1. The van der Waals surface area contributed by atoms with Gasteiger partial charge in [-0.15, -0.1) is 0 Å². The predicted molar refractivity (Wildman–Crippen MR) is 90.3 cm³/mol. The van der Waals surface area contributed by atoms with E-state index in [4.69, 9.17) is 5.73 Å². The topological polar surface area (TPSA) is 72.2 Å². The summed E-state index contributed by atoms with van der Waals surface area (Å²) in [6.45, 7) is 3.62. The molecule has 0 aromatic heterocycles. The van der Waals surface area contributed by atoms with Gasteiger partial charge in [0.05, 0.1) is 4.90 Å². The Morgan fingerprint density at radius 3 is 2.50 bits per heavy atom. The van der Waals surface area contributed by atoms with E-state index in [-0.39, 0.29) is 4.90 Å². The maximum absolute atomic E-state index is 12.5. The highest BCUT2D eigenvalue weighted by molar-refractivity contribution is 14.1. The molecule has 0 aliphatic heterocycles. The van der Waals surface area contributed by atoms with Crippen LogP contribution in [0.1, 0.15) is 11.1 Å². The Balaban J connectivity index is 2.46. The molecule has 106 valence electrons. The number of nitrogens with one attached hydrogen (secondary N) is 1. The molecule has 0 fully saturated rings. The Labute approximate surface area is 132 Å². The molecule has 0 saturated carbocycles. The maximum atomic E-state index is 12.5. The number of hydrogen-bond acceptors (Lipinski definition) is 3. The first-order chi connectivity index (χ1) is 9.29. The van der Waals surface area contributed by atoms with Gasteiger partial charge in [-0.25, -0.2) is 8.42 Å². The second-order valence-corrected chi connectivity index (χ2v) is 7.47. The minimum atomic E-state index is -3.64. The first-order valence-corrected chi connectivity index (χ1v) is 8.51. The van der Waals surface area contributed by atoms with Crippen molar-refractivity contribution in [3.63, 3.8) is 0 Å². The smallest absolute Gasteiger partial charge is 0.262 e. The third kappa shape index (κ3) is 3.24. The Morgan fingerprint density at radius 2 is 1.85 bits per heavy atom. The second-order valence-electron chi connectivity index (χ2n) is 4.58. The lowest BCUT2D eigenvalue weighted by molar-refractivity contribution is 0.600. The van der Waals surface area contributed by atoms with E-state index < -0.39 is 10.0 Å². The Bertz CT molecular complexity index is 758. The standard InChI is InChI=1S/C14H15IN2O2S/c1-9-6-12(16)8-14(10(9)2)20(18,19)17-13-5-3-4-11(15)7-13/h3-8,17H,16H2,1-2H3. The molecule has 6 heteroatoms. The third-order valence-corrected chi connectivity index (χ3v) is 5.19. The first kappa shape index (κ1) is 15.1. The predicted octanol–water partition coefficient (Wildman–Crippen LogP) is 3.29. The van der Waals surface area contributed by atoms with Crippen molar-refractivity contribution in [1.82, 2.24) is 0 Å². The lowest BCUT2D eigenvalue weighted by Crippen LogP contribution is -2.15. The zero-order chi connectivity index (χ0) is 14.9. The highest BCUT2D eigenvalue weighted by Gasteiger charge is 2.18. The van der Waals surface area contributed by atoms with Gasteiger partial charge in [-0.2, -0.15) is 0 Å². The minimum Gasteiger partial charge on any atom is -0.399 e. The minimum absolute atomic E-state index is 0.217. The van der Waals surface area contributed by atoms with Crippen LogP contribution in [-0.2, 0) is 10.0 Å². The lowest BCUT2D eigenvalue weighted by atomic mass is 10.1. The summed E-state index contributed by atoms with van der Waals surface area (Å²) in [4.78, 5) is 0.217. The summed E-state index contributed by atoms with van der Waals surface area (Å²) in [5.41, 5.74) is 8.29. The van der Waals surface area contributed by atoms with Gasteiger partial charge in [-0.1, -0.05) is 6.07 Å². The van der Waals surface area contributed by atoms with Crippen LogP contribution in [0.25, 0.3) is 0 Å². The van der Waals surface area contributed by atoms with Crippen molar-refractivity contribution in [3.8, 4) is 0 Å². The molecule has 0 spiro atoms. The highest BCUT2D eigenvalue weighted by atomic mass is 127. The van der Waals surface area contributed by atoms with E-state index in [1.165, 1.54) is 6.07 Å². The molecule has 2 aromatic rings. The molecule has 4 nitrogen and oxygen atoms in total. The summed E-state index contributed by atoms with van der Waals surface area (Å²) >= 11 is 2.13. The second kappa shape index (κ2) is 5.61. The van der Waals surface area contributed by atoms with Crippen LogP contribution >= 0.6 is 22.6 Å². The summed E-state index contributed by atoms with van der Waals surface area (Å²) in [6, 6.07) is 10.4. The molecular weight excluding hydrogens is 387 g/mol. The van der Waals surface area contributed by atoms with E-state index >= 15 is 0 Å². The lowest BCUT2D eigenvalue weighted by Gasteiger charge is -2.13. The number of benzene rings is 2. The Kier molecular flexibility index (Phi) is 4.24. The molecule has 0 bridgehead atoms. The summed E-state index contributed by atoms with van der Waals surface area (Å²) < 4.78 is 28.5. The van der Waals surface area contributed by atoms with Gasteiger partial charge >= 0.3 is 0 Å². The summed E-state index contributed by atoms with van der Waals surface area (Å²) in [5.74, 6) is 0. The van der Waals surface area contributed by atoms with Gasteiger partial charge in [0.25, 0.3) is 10.0 Å². The van der Waals surface area contributed by atoms with Crippen LogP contribution in [0, 0.1) is 17.4 Å². The molecule has 3 N–H and O–H groups in total. The van der Waals surface area contributed by atoms with E-state index in [1.807, 2.05) is 13.0 Å². The van der Waals surface area contributed by atoms with Crippen molar-refractivity contribution in [2.75, 3.05) is 10.5 Å². The summed E-state index contributed by atoms with van der Waals surface area (Å²) in [7, 11) is -3.64. The van der Waals surface area contributed by atoms with Gasteiger partial charge in [0.15, 0.2) is 0 Å². The fourth-order valence-corrected chi connectivity index (χ4v) is 3.84. The maximum Gasteiger partial charge on any atom is 0.262 e. The molecule has 0 aliphatic carbocycles. The summed E-state index contributed by atoms with van der Waals surface area (Å²) in [6.07, 6.45) is 0. The van der Waals surface area contributed by atoms with Crippen molar-refractivity contribution in [2.45, 2.75) is 18.7 Å². The number of hydrogen-bond donors (Lipinski definition) is 2. The van der Waals surface area contributed by atoms with E-state index in [0.29, 0.717) is 16.9 Å². The normalized spacial score (nSPS) is 11.3. The van der Waals surface area contributed by atoms with E-state index in [0.717, 1.165) is 9.13 Å². The SMILES string of the molecule is Cc1cc(N)cc(S(=O)(=O)Nc2cccc(I)c2)c1C. The fraction of sp³-hybridized carbons (Fsp3) is 0.143. The largest absolute Gasteiger partial charge is 0.399 e. The van der Waals surface area contributed by atoms with Gasteiger partial charge in [-0.3, -0.25) is 4.72 Å². The molecule has 0 amide bonds. The number of anilines is 2. The average molecular weight is 402 g/mol. The molecule has 2 rings (SSSR count). The fourth-order valence-electron chi connectivity index (χ4n) is 1.90. The van der Waals surface area contributed by atoms with Gasteiger partial charge in [0, 0.05) is 14.9 Å². The average Bonchev–Trinajstić information content (AvgIpc) is 2.33. The number of halogens is 1. The van der Waals surface area contributed by atoms with Crippen LogP contribution in [0.5, 0.6) is 0 Å². The molecule has 0 heterocycles. The van der Waals surface area contributed by atoms with Crippen LogP contribution < -0.4 is 10.5 Å². The molecular formula is C14H15IN2O2S. The molecule has 2 aromatic carbocycles. The number of aryl methyl sites for hydroxylation is 1. The molecule has 0 aliphatic rings. The molecule has 0 unspecified atom stereocenters. The number of sulfonamides is 1.